The number of aromatic nitrogens is 2. The van der Waals surface area contributed by atoms with Crippen molar-refractivity contribution in [2.75, 3.05) is 36.0 Å². The molecule has 0 aliphatic carbocycles. The number of hydrogen-bond acceptors (Lipinski definition) is 8. The summed E-state index contributed by atoms with van der Waals surface area (Å²) >= 11 is 0. The highest BCUT2D eigenvalue weighted by atomic mass is 19.1. The number of hydrogen-bond donors (Lipinski definition) is 1. The highest BCUT2D eigenvalue weighted by Gasteiger charge is 2.25. The second-order valence-electron chi connectivity index (χ2n) is 19.7. The molecule has 382 valence electrons. The molecular formula is C65H64F2N4O4. The van der Waals surface area contributed by atoms with Crippen molar-refractivity contribution in [1.29, 1.82) is 0 Å². The highest BCUT2D eigenvalue weighted by molar-refractivity contribution is 6.00. The van der Waals surface area contributed by atoms with Gasteiger partial charge in [0.05, 0.1) is 11.0 Å². The van der Waals surface area contributed by atoms with Crippen molar-refractivity contribution >= 4 is 33.2 Å². The smallest absolute Gasteiger partial charge is 0.123 e. The lowest BCUT2D eigenvalue weighted by atomic mass is 9.91. The van der Waals surface area contributed by atoms with Gasteiger partial charge in [-0.05, 0) is 203 Å². The summed E-state index contributed by atoms with van der Waals surface area (Å²) in [7, 11) is 0. The number of phenolic OH excluding ortho intramolecular Hbond substituents is 1. The number of pyridine rings is 2. The minimum atomic E-state index is -0.305. The summed E-state index contributed by atoms with van der Waals surface area (Å²) in [5.74, 6) is 1.88. The fourth-order valence-electron chi connectivity index (χ4n) is 10.7. The van der Waals surface area contributed by atoms with Gasteiger partial charge in [-0.2, -0.15) is 0 Å². The van der Waals surface area contributed by atoms with Crippen LogP contribution in [0.25, 0.3) is 44.1 Å². The third kappa shape index (κ3) is 11.9. The van der Waals surface area contributed by atoms with E-state index in [2.05, 4.69) is 53.1 Å². The third-order valence-corrected chi connectivity index (χ3v) is 14.4. The minimum absolute atomic E-state index is 0.195. The maximum atomic E-state index is 14.0. The molecule has 7 aromatic carbocycles. The Kier molecular flexibility index (Phi) is 15.5. The van der Waals surface area contributed by atoms with Crippen molar-refractivity contribution < 1.29 is 28.1 Å². The van der Waals surface area contributed by atoms with Crippen LogP contribution in [0.5, 0.6) is 23.0 Å². The summed E-state index contributed by atoms with van der Waals surface area (Å²) in [6, 6.07) is 51.0. The van der Waals surface area contributed by atoms with E-state index >= 15 is 0 Å². The molecule has 8 nitrogen and oxygen atoms in total. The molecular weight excluding hydrogens is 939 g/mol. The first-order valence-corrected chi connectivity index (χ1v) is 26.3. The molecule has 0 bridgehead atoms. The lowest BCUT2D eigenvalue weighted by molar-refractivity contribution is 0.225. The van der Waals surface area contributed by atoms with Gasteiger partial charge in [-0.15, -0.1) is 0 Å². The van der Waals surface area contributed by atoms with Crippen LogP contribution >= 0.6 is 0 Å². The molecule has 2 saturated heterocycles. The standard InChI is InChI=1S/C36H35FN2O2.C29H29FN2O2/c1-25-35(26(2)41-32-18-16-31(17-19-32)40-24-27-9-5-3-6-10-27)36(28-11-13-29(37)14-12-28)33-23-30(15-20-34(33)38-25)39-21-7-4-8-22-39;1-19-28(20(2)34-25-13-11-24(33)12-14-25)29(21-6-8-22(30)9-7-21)26-18-23(10-15-27(26)31-19)32-16-4-3-5-17-32/h3,5-6,9-20,23,26H,4,7-8,21-22,24H2,1-2H3;6-15,18,20,33H,3-5,16-17H2,1-2H3. The predicted octanol–water partition coefficient (Wildman–Crippen LogP) is 16.2. The highest BCUT2D eigenvalue weighted by Crippen LogP contribution is 2.42. The number of aryl methyl sites for hydroxylation is 2. The van der Waals surface area contributed by atoms with Crippen molar-refractivity contribution in [2.24, 2.45) is 0 Å². The SMILES string of the molecule is Cc1nc2ccc(N3CCCCC3)cc2c(-c2ccc(F)cc2)c1C(C)Oc1ccc(O)cc1.Cc1nc2ccc(N3CCCCC3)cc2c(-c2ccc(F)cc2)c1C(C)Oc1ccc(OCc2ccccc2)cc1. The van der Waals surface area contributed by atoms with E-state index < -0.39 is 0 Å². The average molecular weight is 1000 g/mol. The van der Waals surface area contributed by atoms with Crippen LogP contribution in [-0.4, -0.2) is 41.3 Å². The van der Waals surface area contributed by atoms with Gasteiger partial charge >= 0.3 is 0 Å². The third-order valence-electron chi connectivity index (χ3n) is 14.4. The molecule has 9 aromatic rings. The number of aromatic hydroxyl groups is 1. The Morgan fingerprint density at radius 2 is 0.907 bits per heavy atom. The maximum absolute atomic E-state index is 14.0. The Bertz CT molecular complexity index is 3360. The zero-order valence-corrected chi connectivity index (χ0v) is 43.2. The average Bonchev–Trinajstić information content (AvgIpc) is 3.44. The monoisotopic (exact) mass is 1000 g/mol. The fourth-order valence-corrected chi connectivity index (χ4v) is 10.7. The van der Waals surface area contributed by atoms with Crippen LogP contribution < -0.4 is 24.0 Å². The number of ether oxygens (including phenoxy) is 3. The molecule has 2 aliphatic rings. The number of fused-ring (bicyclic) bond motifs is 2. The largest absolute Gasteiger partial charge is 0.508 e. The molecule has 75 heavy (non-hydrogen) atoms. The van der Waals surface area contributed by atoms with E-state index in [1.807, 2.05) is 99.6 Å². The van der Waals surface area contributed by atoms with Crippen molar-refractivity contribution in [3.63, 3.8) is 0 Å². The molecule has 11 rings (SSSR count). The summed E-state index contributed by atoms with van der Waals surface area (Å²) < 4.78 is 46.5. The number of nitrogens with zero attached hydrogens (tertiary/aromatic N) is 4. The van der Waals surface area contributed by atoms with Crippen LogP contribution in [0.4, 0.5) is 20.2 Å². The molecule has 2 aliphatic heterocycles. The maximum Gasteiger partial charge on any atom is 0.123 e. The Balaban J connectivity index is 0.000000174. The van der Waals surface area contributed by atoms with Crippen molar-refractivity contribution in [3.8, 4) is 45.3 Å². The summed E-state index contributed by atoms with van der Waals surface area (Å²) in [5, 5.41) is 11.7. The molecule has 0 amide bonds. The van der Waals surface area contributed by atoms with E-state index in [1.165, 1.54) is 74.2 Å². The van der Waals surface area contributed by atoms with Crippen molar-refractivity contribution in [1.82, 2.24) is 9.97 Å². The number of rotatable bonds is 13. The molecule has 0 radical (unpaired) electrons. The van der Waals surface area contributed by atoms with Gasteiger partial charge < -0.3 is 29.1 Å². The molecule has 2 atom stereocenters. The van der Waals surface area contributed by atoms with E-state index in [4.69, 9.17) is 24.2 Å². The van der Waals surface area contributed by atoms with E-state index in [0.29, 0.717) is 12.4 Å². The first-order valence-electron chi connectivity index (χ1n) is 26.3. The van der Waals surface area contributed by atoms with Crippen LogP contribution in [0.3, 0.4) is 0 Å². The second-order valence-corrected chi connectivity index (χ2v) is 19.7. The Morgan fingerprint density at radius 1 is 0.493 bits per heavy atom. The molecule has 4 heterocycles. The zero-order valence-electron chi connectivity index (χ0n) is 43.2. The number of phenols is 1. The van der Waals surface area contributed by atoms with Gasteiger partial charge in [0.25, 0.3) is 0 Å². The molecule has 2 fully saturated rings. The Hall–Kier alpha value is -7.98. The van der Waals surface area contributed by atoms with E-state index in [9.17, 15) is 13.9 Å². The number of anilines is 2. The second kappa shape index (κ2) is 23.1. The summed E-state index contributed by atoms with van der Waals surface area (Å²) in [4.78, 5) is 14.8. The van der Waals surface area contributed by atoms with Gasteiger partial charge in [0.1, 0.15) is 53.4 Å². The van der Waals surface area contributed by atoms with Gasteiger partial charge in [-0.25, -0.2) is 8.78 Å². The molecule has 10 heteroatoms. The lowest BCUT2D eigenvalue weighted by Crippen LogP contribution is -2.29. The first kappa shape index (κ1) is 50.5. The number of benzene rings is 7. The van der Waals surface area contributed by atoms with E-state index in [0.717, 1.165) is 110 Å². The molecule has 2 unspecified atom stereocenters. The van der Waals surface area contributed by atoms with Gasteiger partial charge in [0.2, 0.25) is 0 Å². The molecule has 2 aromatic heterocycles. The number of piperidine rings is 2. The van der Waals surface area contributed by atoms with Crippen LogP contribution in [0.2, 0.25) is 0 Å². The van der Waals surface area contributed by atoms with E-state index in [1.54, 1.807) is 24.3 Å². The van der Waals surface area contributed by atoms with Crippen molar-refractivity contribution in [3.05, 3.63) is 204 Å². The zero-order chi connectivity index (χ0) is 51.8. The van der Waals surface area contributed by atoms with Gasteiger partial charge in [0.15, 0.2) is 0 Å². The summed E-state index contributed by atoms with van der Waals surface area (Å²) in [6.45, 7) is 12.8. The van der Waals surface area contributed by atoms with Gasteiger partial charge in [-0.3, -0.25) is 9.97 Å². The molecule has 0 spiro atoms. The minimum Gasteiger partial charge on any atom is -0.508 e. The number of halogens is 2. The van der Waals surface area contributed by atoms with Crippen LogP contribution in [0, 0.1) is 25.5 Å². The fraction of sp³-hybridized carbons (Fsp3) is 0.262. The molecule has 1 N–H and O–H groups in total. The van der Waals surface area contributed by atoms with Crippen LogP contribution in [0.15, 0.2) is 164 Å². The topological polar surface area (TPSA) is 80.2 Å². The van der Waals surface area contributed by atoms with Crippen molar-refractivity contribution in [2.45, 2.75) is 85.0 Å². The van der Waals surface area contributed by atoms with Gasteiger partial charge in [-0.1, -0.05) is 54.6 Å². The normalized spacial score (nSPS) is 14.5. The van der Waals surface area contributed by atoms with E-state index in [-0.39, 0.29) is 29.6 Å². The summed E-state index contributed by atoms with van der Waals surface area (Å²) in [6.07, 6.45) is 6.80. The first-order chi connectivity index (χ1) is 36.5. The lowest BCUT2D eigenvalue weighted by Gasteiger charge is -2.29. The summed E-state index contributed by atoms with van der Waals surface area (Å²) in [5.41, 5.74) is 13.1. The van der Waals surface area contributed by atoms with Crippen LogP contribution in [0.1, 0.15) is 92.7 Å². The quantitative estimate of drug-likeness (QED) is 0.122. The molecule has 0 saturated carbocycles. The van der Waals surface area contributed by atoms with Gasteiger partial charge in [0, 0.05) is 70.8 Å². The Morgan fingerprint density at radius 3 is 1.35 bits per heavy atom. The predicted molar refractivity (Wildman–Crippen MR) is 299 cm³/mol. The Labute approximate surface area is 439 Å². The van der Waals surface area contributed by atoms with Crippen LogP contribution in [-0.2, 0) is 6.61 Å².